The summed E-state index contributed by atoms with van der Waals surface area (Å²) in [5.74, 6) is -0.200. The summed E-state index contributed by atoms with van der Waals surface area (Å²) < 4.78 is 18.5. The first-order valence-electron chi connectivity index (χ1n) is 9.00. The van der Waals surface area contributed by atoms with E-state index < -0.39 is 11.6 Å². The molecule has 1 heterocycles. The molecular weight excluding hydrogens is 359 g/mol. The second-order valence-electron chi connectivity index (χ2n) is 6.84. The number of nitrogens with one attached hydrogen (secondary N) is 1. The van der Waals surface area contributed by atoms with E-state index in [1.165, 1.54) is 24.3 Å². The van der Waals surface area contributed by atoms with E-state index in [-0.39, 0.29) is 24.9 Å². The maximum Gasteiger partial charge on any atom is 0.325 e. The zero-order chi connectivity index (χ0) is 19.7. The highest BCUT2D eigenvalue weighted by Gasteiger charge is 2.49. The number of urea groups is 1. The largest absolute Gasteiger partial charge is 0.492 e. The van der Waals surface area contributed by atoms with E-state index in [0.717, 1.165) is 21.2 Å². The fourth-order valence-corrected chi connectivity index (χ4v) is 3.53. The average Bonchev–Trinajstić information content (AvgIpc) is 2.92. The lowest BCUT2D eigenvalue weighted by atomic mass is 9.88. The van der Waals surface area contributed by atoms with E-state index >= 15 is 0 Å². The highest BCUT2D eigenvalue weighted by Crippen LogP contribution is 2.33. The minimum absolute atomic E-state index is 0.0996. The Hall–Kier alpha value is -3.41. The molecule has 0 aromatic heterocycles. The average molecular weight is 378 g/mol. The van der Waals surface area contributed by atoms with Crippen LogP contribution in [-0.4, -0.2) is 30.0 Å². The molecule has 1 N–H and O–H groups in total. The third kappa shape index (κ3) is 3.07. The predicted octanol–water partition coefficient (Wildman–Crippen LogP) is 3.82. The first kappa shape index (κ1) is 18.0. The molecule has 4 rings (SSSR count). The van der Waals surface area contributed by atoms with Crippen LogP contribution in [0, 0.1) is 5.82 Å². The first-order valence-corrected chi connectivity index (χ1v) is 9.00. The van der Waals surface area contributed by atoms with Gasteiger partial charge in [0.2, 0.25) is 0 Å². The molecule has 0 bridgehead atoms. The van der Waals surface area contributed by atoms with Crippen molar-refractivity contribution in [3.8, 4) is 5.75 Å². The van der Waals surface area contributed by atoms with Crippen LogP contribution in [0.25, 0.3) is 10.8 Å². The summed E-state index contributed by atoms with van der Waals surface area (Å²) in [6.07, 6.45) is 0. The van der Waals surface area contributed by atoms with Crippen LogP contribution in [-0.2, 0) is 10.3 Å². The van der Waals surface area contributed by atoms with Gasteiger partial charge in [-0.1, -0.05) is 42.5 Å². The summed E-state index contributed by atoms with van der Waals surface area (Å²) in [6, 6.07) is 18.6. The number of carbonyl (C=O) groups is 2. The normalized spacial score (nSPS) is 19.1. The summed E-state index contributed by atoms with van der Waals surface area (Å²) in [4.78, 5) is 26.7. The van der Waals surface area contributed by atoms with Crippen LogP contribution in [0.1, 0.15) is 12.5 Å². The smallest absolute Gasteiger partial charge is 0.325 e. The topological polar surface area (TPSA) is 58.6 Å². The maximum absolute atomic E-state index is 13.1. The number of nitrogens with zero attached hydrogens (tertiary/aromatic N) is 1. The minimum Gasteiger partial charge on any atom is -0.492 e. The highest BCUT2D eigenvalue weighted by atomic mass is 19.1. The number of ether oxygens (including phenoxy) is 1. The highest BCUT2D eigenvalue weighted by molar-refractivity contribution is 6.09. The Morgan fingerprint density at radius 3 is 2.50 bits per heavy atom. The fraction of sp³-hybridized carbons (Fsp3) is 0.182. The number of benzene rings is 3. The minimum atomic E-state index is -1.15. The summed E-state index contributed by atoms with van der Waals surface area (Å²) in [5, 5.41) is 4.75. The van der Waals surface area contributed by atoms with Gasteiger partial charge in [0.05, 0.1) is 6.54 Å². The summed E-state index contributed by atoms with van der Waals surface area (Å²) in [5.41, 5.74) is -0.390. The van der Waals surface area contributed by atoms with Crippen LogP contribution in [0.2, 0.25) is 0 Å². The summed E-state index contributed by atoms with van der Waals surface area (Å²) in [6.45, 7) is 1.94. The molecule has 3 aromatic rings. The van der Waals surface area contributed by atoms with Gasteiger partial charge in [-0.2, -0.15) is 0 Å². The van der Waals surface area contributed by atoms with Gasteiger partial charge in [0.25, 0.3) is 5.91 Å². The van der Waals surface area contributed by atoms with Gasteiger partial charge in [-0.3, -0.25) is 9.69 Å². The second-order valence-corrected chi connectivity index (χ2v) is 6.84. The fourth-order valence-electron chi connectivity index (χ4n) is 3.53. The third-order valence-electron chi connectivity index (χ3n) is 5.00. The number of hydrogen-bond acceptors (Lipinski definition) is 3. The van der Waals surface area contributed by atoms with Crippen molar-refractivity contribution >= 4 is 22.7 Å². The molecule has 1 saturated heterocycles. The van der Waals surface area contributed by atoms with Crippen molar-refractivity contribution in [2.45, 2.75) is 12.5 Å². The van der Waals surface area contributed by atoms with Crippen molar-refractivity contribution in [1.82, 2.24) is 10.2 Å². The number of amides is 3. The number of hydrogen-bond donors (Lipinski definition) is 1. The Balaban J connectivity index is 1.53. The SMILES string of the molecule is C[C@@]1(c2cccc3ccccc23)NC(=O)N(CCOc2ccc(F)cc2)C1=O. The van der Waals surface area contributed by atoms with Crippen LogP contribution in [0.15, 0.2) is 66.7 Å². The number of rotatable bonds is 5. The van der Waals surface area contributed by atoms with Crippen molar-refractivity contribution < 1.29 is 18.7 Å². The van der Waals surface area contributed by atoms with Crippen molar-refractivity contribution in [1.29, 1.82) is 0 Å². The second kappa shape index (κ2) is 6.96. The number of carbonyl (C=O) groups excluding carboxylic acids is 2. The maximum atomic E-state index is 13.1. The van der Waals surface area contributed by atoms with Crippen molar-refractivity contribution in [3.63, 3.8) is 0 Å². The van der Waals surface area contributed by atoms with E-state index in [0.29, 0.717) is 5.75 Å². The van der Waals surface area contributed by atoms with E-state index in [2.05, 4.69) is 5.32 Å². The van der Waals surface area contributed by atoms with Crippen LogP contribution in [0.3, 0.4) is 0 Å². The Morgan fingerprint density at radius 2 is 1.71 bits per heavy atom. The molecule has 1 aliphatic heterocycles. The van der Waals surface area contributed by atoms with Gasteiger partial charge < -0.3 is 10.1 Å². The zero-order valence-corrected chi connectivity index (χ0v) is 15.3. The molecular formula is C22H19FN2O3. The van der Waals surface area contributed by atoms with Crippen molar-refractivity contribution in [2.24, 2.45) is 0 Å². The molecule has 1 fully saturated rings. The Labute approximate surface area is 161 Å². The quantitative estimate of drug-likeness (QED) is 0.687. The molecule has 0 spiro atoms. The molecule has 3 amide bonds. The van der Waals surface area contributed by atoms with Crippen LogP contribution >= 0.6 is 0 Å². The van der Waals surface area contributed by atoms with E-state index in [4.69, 9.17) is 4.74 Å². The van der Waals surface area contributed by atoms with Crippen LogP contribution in [0.5, 0.6) is 5.75 Å². The number of fused-ring (bicyclic) bond motifs is 1. The van der Waals surface area contributed by atoms with Crippen molar-refractivity contribution in [3.05, 3.63) is 78.1 Å². The molecule has 0 saturated carbocycles. The summed E-state index contributed by atoms with van der Waals surface area (Å²) in [7, 11) is 0. The molecule has 28 heavy (non-hydrogen) atoms. The number of halogens is 1. The number of imide groups is 1. The third-order valence-corrected chi connectivity index (χ3v) is 5.00. The predicted molar refractivity (Wildman–Crippen MR) is 103 cm³/mol. The lowest BCUT2D eigenvalue weighted by Crippen LogP contribution is -2.41. The Bertz CT molecular complexity index is 1050. The van der Waals surface area contributed by atoms with Crippen LogP contribution in [0.4, 0.5) is 9.18 Å². The molecule has 6 heteroatoms. The van der Waals surface area contributed by atoms with Gasteiger partial charge in [-0.05, 0) is 47.5 Å². The van der Waals surface area contributed by atoms with Gasteiger partial charge in [0.15, 0.2) is 0 Å². The van der Waals surface area contributed by atoms with E-state index in [1.54, 1.807) is 6.92 Å². The first-order chi connectivity index (χ1) is 13.5. The van der Waals surface area contributed by atoms with Gasteiger partial charge in [-0.15, -0.1) is 0 Å². The monoisotopic (exact) mass is 378 g/mol. The molecule has 142 valence electrons. The Kier molecular flexibility index (Phi) is 4.47. The lowest BCUT2D eigenvalue weighted by molar-refractivity contribution is -0.131. The molecule has 0 radical (unpaired) electrons. The van der Waals surface area contributed by atoms with Crippen molar-refractivity contribution in [2.75, 3.05) is 13.2 Å². The molecule has 5 nitrogen and oxygen atoms in total. The zero-order valence-electron chi connectivity index (χ0n) is 15.3. The van der Waals surface area contributed by atoms with Gasteiger partial charge >= 0.3 is 6.03 Å². The van der Waals surface area contributed by atoms with E-state index in [9.17, 15) is 14.0 Å². The lowest BCUT2D eigenvalue weighted by Gasteiger charge is -2.24. The summed E-state index contributed by atoms with van der Waals surface area (Å²) >= 11 is 0. The van der Waals surface area contributed by atoms with Gasteiger partial charge in [0.1, 0.15) is 23.7 Å². The Morgan fingerprint density at radius 1 is 1.00 bits per heavy atom. The van der Waals surface area contributed by atoms with Gasteiger partial charge in [0, 0.05) is 0 Å². The van der Waals surface area contributed by atoms with Crippen LogP contribution < -0.4 is 10.1 Å². The molecule has 1 aliphatic rings. The van der Waals surface area contributed by atoms with E-state index in [1.807, 2.05) is 42.5 Å². The standard InChI is InChI=1S/C22H19FN2O3/c1-22(19-8-4-6-15-5-2-3-7-18(15)19)20(26)25(21(27)24-22)13-14-28-17-11-9-16(23)10-12-17/h2-12H,13-14H2,1H3,(H,24,27)/t22-/m0/s1. The molecule has 1 atom stereocenters. The molecule has 0 unspecified atom stereocenters. The molecule has 3 aromatic carbocycles. The van der Waals surface area contributed by atoms with Gasteiger partial charge in [-0.25, -0.2) is 9.18 Å². The molecule has 0 aliphatic carbocycles.